The van der Waals surface area contributed by atoms with Crippen LogP contribution in [-0.2, 0) is 21.2 Å². The molecular formula is C26H27FN2O4S2. The first-order chi connectivity index (χ1) is 16.8. The first-order valence-electron chi connectivity index (χ1n) is 11.2. The van der Waals surface area contributed by atoms with Gasteiger partial charge in [0.2, 0.25) is 15.9 Å². The highest BCUT2D eigenvalue weighted by atomic mass is 32.2. The summed E-state index contributed by atoms with van der Waals surface area (Å²) in [7, 11) is -3.90. The van der Waals surface area contributed by atoms with Crippen LogP contribution in [0.1, 0.15) is 22.0 Å². The van der Waals surface area contributed by atoms with Crippen molar-refractivity contribution in [2.75, 3.05) is 26.2 Å². The Morgan fingerprint density at radius 1 is 1.26 bits per heavy atom. The standard InChI is InChI=1S/C26H27FN2O4S2/c1-3-13-28(35(31,32)22-9-7-19(2)8-10-22)17-26(30)29-14-11-25-23(12-15-34-25)24(29)18-33-21-6-4-5-20(27)16-21/h3-10,12,15-16,24H,1,11,13-14,17-18H2,2H3/t24-/m0/s1. The number of hydrogen-bond donors (Lipinski definition) is 0. The maximum Gasteiger partial charge on any atom is 0.243 e. The monoisotopic (exact) mass is 514 g/mol. The van der Waals surface area contributed by atoms with Crippen LogP contribution in [-0.4, -0.2) is 49.8 Å². The number of aryl methyl sites for hydroxylation is 1. The number of halogens is 1. The third-order valence-corrected chi connectivity index (χ3v) is 8.74. The van der Waals surface area contributed by atoms with E-state index in [1.165, 1.54) is 18.2 Å². The molecule has 0 aliphatic carbocycles. The number of amides is 1. The SMILES string of the molecule is C=CCN(CC(=O)N1CCc2sccc2[C@@H]1COc1cccc(F)c1)S(=O)(=O)c1ccc(C)cc1. The van der Waals surface area contributed by atoms with Crippen LogP contribution in [0.2, 0.25) is 0 Å². The average molecular weight is 515 g/mol. The second kappa shape index (κ2) is 10.7. The van der Waals surface area contributed by atoms with E-state index in [4.69, 9.17) is 4.74 Å². The van der Waals surface area contributed by atoms with Gasteiger partial charge < -0.3 is 9.64 Å². The molecule has 0 saturated heterocycles. The van der Waals surface area contributed by atoms with Crippen molar-refractivity contribution in [3.63, 3.8) is 0 Å². The fourth-order valence-corrected chi connectivity index (χ4v) is 6.39. The highest BCUT2D eigenvalue weighted by molar-refractivity contribution is 7.89. The van der Waals surface area contributed by atoms with Gasteiger partial charge in [0.1, 0.15) is 18.2 Å². The van der Waals surface area contributed by atoms with E-state index >= 15 is 0 Å². The summed E-state index contributed by atoms with van der Waals surface area (Å²) in [5.41, 5.74) is 1.92. The summed E-state index contributed by atoms with van der Waals surface area (Å²) < 4.78 is 47.2. The summed E-state index contributed by atoms with van der Waals surface area (Å²) in [4.78, 5) is 16.4. The van der Waals surface area contributed by atoms with Crippen LogP contribution in [0.25, 0.3) is 0 Å². The van der Waals surface area contributed by atoms with Gasteiger partial charge >= 0.3 is 0 Å². The van der Waals surface area contributed by atoms with E-state index in [2.05, 4.69) is 6.58 Å². The molecule has 0 N–H and O–H groups in total. The van der Waals surface area contributed by atoms with Crippen LogP contribution >= 0.6 is 11.3 Å². The normalized spacial score (nSPS) is 15.6. The zero-order valence-corrected chi connectivity index (χ0v) is 21.0. The molecule has 0 fully saturated rings. The molecule has 35 heavy (non-hydrogen) atoms. The molecule has 2 aromatic carbocycles. The quantitative estimate of drug-likeness (QED) is 0.392. The Morgan fingerprint density at radius 2 is 2.03 bits per heavy atom. The number of thiophene rings is 1. The summed E-state index contributed by atoms with van der Waals surface area (Å²) >= 11 is 1.62. The number of hydrogen-bond acceptors (Lipinski definition) is 5. The topological polar surface area (TPSA) is 66.9 Å². The van der Waals surface area contributed by atoms with E-state index in [9.17, 15) is 17.6 Å². The fourth-order valence-electron chi connectivity index (χ4n) is 4.10. The van der Waals surface area contributed by atoms with Crippen LogP contribution in [0, 0.1) is 12.7 Å². The summed E-state index contributed by atoms with van der Waals surface area (Å²) in [6.07, 6.45) is 2.15. The summed E-state index contributed by atoms with van der Waals surface area (Å²) in [5.74, 6) is -0.362. The molecular weight excluding hydrogens is 487 g/mol. The lowest BCUT2D eigenvalue weighted by Gasteiger charge is -2.36. The molecule has 9 heteroatoms. The van der Waals surface area contributed by atoms with E-state index in [0.717, 1.165) is 20.3 Å². The lowest BCUT2D eigenvalue weighted by Crippen LogP contribution is -2.47. The first kappa shape index (κ1) is 25.1. The molecule has 1 atom stereocenters. The molecule has 184 valence electrons. The predicted octanol–water partition coefficient (Wildman–Crippen LogP) is 4.58. The van der Waals surface area contributed by atoms with Gasteiger partial charge in [0.15, 0.2) is 0 Å². The van der Waals surface area contributed by atoms with Crippen LogP contribution in [0.15, 0.2) is 77.5 Å². The molecule has 1 amide bonds. The molecule has 1 aromatic heterocycles. The molecule has 1 aliphatic heterocycles. The highest BCUT2D eigenvalue weighted by Gasteiger charge is 2.35. The number of fused-ring (bicyclic) bond motifs is 1. The van der Waals surface area contributed by atoms with Crippen molar-refractivity contribution in [1.29, 1.82) is 0 Å². The lowest BCUT2D eigenvalue weighted by atomic mass is 10.0. The van der Waals surface area contributed by atoms with E-state index in [1.807, 2.05) is 18.4 Å². The molecule has 0 radical (unpaired) electrons. The highest BCUT2D eigenvalue weighted by Crippen LogP contribution is 2.34. The third kappa shape index (κ3) is 5.63. The van der Waals surface area contributed by atoms with E-state index in [0.29, 0.717) is 18.7 Å². The van der Waals surface area contributed by atoms with Crippen LogP contribution in [0.5, 0.6) is 5.75 Å². The summed E-state index contributed by atoms with van der Waals surface area (Å²) in [5, 5.41) is 1.97. The van der Waals surface area contributed by atoms with E-state index in [-0.39, 0.29) is 30.5 Å². The Balaban J connectivity index is 1.56. The van der Waals surface area contributed by atoms with Crippen molar-refractivity contribution in [3.8, 4) is 5.75 Å². The average Bonchev–Trinajstić information content (AvgIpc) is 3.31. The van der Waals surface area contributed by atoms with Crippen molar-refractivity contribution in [2.24, 2.45) is 0 Å². The smallest absolute Gasteiger partial charge is 0.243 e. The van der Waals surface area contributed by atoms with Crippen molar-refractivity contribution < 1.29 is 22.3 Å². The molecule has 1 aliphatic rings. The van der Waals surface area contributed by atoms with Gasteiger partial charge in [0.25, 0.3) is 0 Å². The van der Waals surface area contributed by atoms with Crippen LogP contribution in [0.4, 0.5) is 4.39 Å². The largest absolute Gasteiger partial charge is 0.491 e. The number of sulfonamides is 1. The Hall–Kier alpha value is -3.01. The second-order valence-corrected chi connectivity index (χ2v) is 11.3. The van der Waals surface area contributed by atoms with Gasteiger partial charge in [-0.2, -0.15) is 4.31 Å². The Bertz CT molecular complexity index is 1300. The Morgan fingerprint density at radius 3 is 2.74 bits per heavy atom. The maximum atomic E-state index is 13.6. The van der Waals surface area contributed by atoms with E-state index in [1.54, 1.807) is 52.6 Å². The van der Waals surface area contributed by atoms with Gasteiger partial charge in [-0.3, -0.25) is 4.79 Å². The zero-order chi connectivity index (χ0) is 25.0. The lowest BCUT2D eigenvalue weighted by molar-refractivity contribution is -0.135. The van der Waals surface area contributed by atoms with Gasteiger partial charge in [0.05, 0.1) is 17.5 Å². The van der Waals surface area contributed by atoms with Crippen molar-refractivity contribution in [2.45, 2.75) is 24.3 Å². The summed E-state index contributed by atoms with van der Waals surface area (Å²) in [6.45, 7) is 5.80. The van der Waals surface area contributed by atoms with Gasteiger partial charge in [0, 0.05) is 24.0 Å². The maximum absolute atomic E-state index is 13.6. The molecule has 0 spiro atoms. The molecule has 0 saturated carbocycles. The van der Waals surface area contributed by atoms with Gasteiger partial charge in [-0.05, 0) is 54.6 Å². The van der Waals surface area contributed by atoms with Crippen molar-refractivity contribution >= 4 is 27.3 Å². The van der Waals surface area contributed by atoms with Crippen LogP contribution < -0.4 is 4.74 Å². The van der Waals surface area contributed by atoms with Gasteiger partial charge in [-0.15, -0.1) is 17.9 Å². The molecule has 2 heterocycles. The molecule has 6 nitrogen and oxygen atoms in total. The minimum atomic E-state index is -3.90. The number of rotatable bonds is 9. The van der Waals surface area contributed by atoms with Gasteiger partial charge in [-0.1, -0.05) is 29.8 Å². The molecule has 4 rings (SSSR count). The van der Waals surface area contributed by atoms with Gasteiger partial charge in [-0.25, -0.2) is 12.8 Å². The van der Waals surface area contributed by atoms with Crippen LogP contribution in [0.3, 0.4) is 0 Å². The minimum Gasteiger partial charge on any atom is -0.491 e. The number of nitrogens with zero attached hydrogens (tertiary/aromatic N) is 2. The zero-order valence-electron chi connectivity index (χ0n) is 19.4. The number of benzene rings is 2. The van der Waals surface area contributed by atoms with Crippen molar-refractivity contribution in [3.05, 3.63) is 94.5 Å². The predicted molar refractivity (Wildman–Crippen MR) is 135 cm³/mol. The molecule has 0 unspecified atom stereocenters. The third-order valence-electron chi connectivity index (χ3n) is 5.92. The first-order valence-corrected chi connectivity index (χ1v) is 13.5. The fraction of sp³-hybridized carbons (Fsp3) is 0.269. The second-order valence-electron chi connectivity index (χ2n) is 8.32. The number of carbonyl (C=O) groups is 1. The van der Waals surface area contributed by atoms with E-state index < -0.39 is 21.9 Å². The number of ether oxygens (including phenoxy) is 1. The Kier molecular flexibility index (Phi) is 7.69. The minimum absolute atomic E-state index is 0.00392. The molecule has 3 aromatic rings. The molecule has 0 bridgehead atoms. The number of carbonyl (C=O) groups excluding carboxylic acids is 1. The Labute approximate surface area is 209 Å². The summed E-state index contributed by atoms with van der Waals surface area (Å²) in [6, 6.07) is 13.9. The van der Waals surface area contributed by atoms with Crippen molar-refractivity contribution in [1.82, 2.24) is 9.21 Å².